The smallest absolute Gasteiger partial charge is 0.152 e. The molecule has 3 nitrogen and oxygen atoms in total. The van der Waals surface area contributed by atoms with Gasteiger partial charge in [-0.15, -0.1) is 0 Å². The molecule has 2 aromatic heterocycles. The maximum atomic E-state index is 5.47. The highest BCUT2D eigenvalue weighted by Gasteiger charge is 2.11. The molecule has 0 aliphatic rings. The molecule has 108 valence electrons. The van der Waals surface area contributed by atoms with E-state index in [0.29, 0.717) is 6.61 Å². The minimum Gasteiger partial charge on any atom is -0.494 e. The zero-order chi connectivity index (χ0) is 15.0. The van der Waals surface area contributed by atoms with E-state index in [1.54, 1.807) is 0 Å². The zero-order valence-electron chi connectivity index (χ0n) is 11.7. The first-order valence-electron chi connectivity index (χ1n) is 6.66. The minimum absolute atomic E-state index is 0.675. The Morgan fingerprint density at radius 2 is 1.86 bits per heavy atom. The quantitative estimate of drug-likeness (QED) is 0.591. The molecule has 0 amide bonds. The Hall–Kier alpha value is -1.33. The summed E-state index contributed by atoms with van der Waals surface area (Å²) >= 11 is 7.18. The predicted octanol–water partition coefficient (Wildman–Crippen LogP) is 5.23. The van der Waals surface area contributed by atoms with Gasteiger partial charge in [0.25, 0.3) is 0 Å². The molecule has 0 atom stereocenters. The van der Waals surface area contributed by atoms with Gasteiger partial charge in [-0.25, -0.2) is 4.98 Å². The summed E-state index contributed by atoms with van der Waals surface area (Å²) in [5.41, 5.74) is 4.07. The Balaban J connectivity index is 2.06. The first-order chi connectivity index (χ1) is 10.1. The largest absolute Gasteiger partial charge is 0.494 e. The lowest BCUT2D eigenvalue weighted by molar-refractivity contribution is 0.340. The van der Waals surface area contributed by atoms with Crippen molar-refractivity contribution in [3.05, 3.63) is 51.2 Å². The summed E-state index contributed by atoms with van der Waals surface area (Å²) in [7, 11) is 0. The summed E-state index contributed by atoms with van der Waals surface area (Å²) < 4.78 is 9.55. The molecule has 0 N–H and O–H groups in total. The van der Waals surface area contributed by atoms with Crippen molar-refractivity contribution in [1.29, 1.82) is 0 Å². The normalized spacial score (nSPS) is 11.0. The molecule has 0 saturated carbocycles. The molecule has 1 aromatic carbocycles. The molecule has 0 radical (unpaired) electrons. The highest BCUT2D eigenvalue weighted by molar-refractivity contribution is 9.11. The zero-order valence-corrected chi connectivity index (χ0v) is 14.9. The Bertz CT molecular complexity index is 794. The van der Waals surface area contributed by atoms with Gasteiger partial charge in [-0.05, 0) is 75.5 Å². The number of aromatic nitrogens is 2. The standard InChI is InChI=1S/C16H14Br2N2O/c1-3-21-12-6-4-11(5-7-12)14-9-20-8-13(17)10(2)15(18)16(20)19-14/h4-9H,3H2,1-2H3. The van der Waals surface area contributed by atoms with Crippen molar-refractivity contribution in [2.45, 2.75) is 13.8 Å². The summed E-state index contributed by atoms with van der Waals surface area (Å²) in [6, 6.07) is 8.00. The van der Waals surface area contributed by atoms with Crippen LogP contribution in [0.2, 0.25) is 0 Å². The van der Waals surface area contributed by atoms with Crippen molar-refractivity contribution in [1.82, 2.24) is 9.38 Å². The van der Waals surface area contributed by atoms with Crippen LogP contribution < -0.4 is 4.74 Å². The summed E-state index contributed by atoms with van der Waals surface area (Å²) in [4.78, 5) is 4.71. The van der Waals surface area contributed by atoms with E-state index in [1.165, 1.54) is 0 Å². The Morgan fingerprint density at radius 1 is 1.14 bits per heavy atom. The fourth-order valence-electron chi connectivity index (χ4n) is 2.17. The van der Waals surface area contributed by atoms with Crippen LogP contribution in [-0.4, -0.2) is 16.0 Å². The average molecular weight is 410 g/mol. The second-order valence-corrected chi connectivity index (χ2v) is 6.38. The summed E-state index contributed by atoms with van der Waals surface area (Å²) in [6.07, 6.45) is 4.06. The number of fused-ring (bicyclic) bond motifs is 1. The number of pyridine rings is 1. The second-order valence-electron chi connectivity index (χ2n) is 4.73. The van der Waals surface area contributed by atoms with Crippen molar-refractivity contribution in [3.63, 3.8) is 0 Å². The molecule has 0 aliphatic heterocycles. The van der Waals surface area contributed by atoms with E-state index in [2.05, 4.69) is 38.8 Å². The number of hydrogen-bond acceptors (Lipinski definition) is 2. The van der Waals surface area contributed by atoms with Gasteiger partial charge in [-0.2, -0.15) is 0 Å². The van der Waals surface area contributed by atoms with Gasteiger partial charge < -0.3 is 9.14 Å². The van der Waals surface area contributed by atoms with Crippen molar-refractivity contribution in [3.8, 4) is 17.0 Å². The van der Waals surface area contributed by atoms with Crippen LogP contribution in [0.25, 0.3) is 16.9 Å². The van der Waals surface area contributed by atoms with Crippen molar-refractivity contribution in [2.75, 3.05) is 6.61 Å². The molecule has 3 rings (SSSR count). The predicted molar refractivity (Wildman–Crippen MR) is 91.9 cm³/mol. The molecule has 5 heteroatoms. The monoisotopic (exact) mass is 408 g/mol. The molecular formula is C16H14Br2N2O. The third-order valence-electron chi connectivity index (χ3n) is 3.33. The van der Waals surface area contributed by atoms with Gasteiger partial charge in [0.15, 0.2) is 5.65 Å². The molecule has 0 unspecified atom stereocenters. The van der Waals surface area contributed by atoms with Gasteiger partial charge in [0, 0.05) is 22.4 Å². The molecular weight excluding hydrogens is 396 g/mol. The van der Waals surface area contributed by atoms with Crippen LogP contribution in [0.3, 0.4) is 0 Å². The van der Waals surface area contributed by atoms with Gasteiger partial charge in [-0.1, -0.05) is 0 Å². The molecule has 3 aromatic rings. The number of benzene rings is 1. The summed E-state index contributed by atoms with van der Waals surface area (Å²) in [6.45, 7) is 4.71. The number of nitrogens with zero attached hydrogens (tertiary/aromatic N) is 2. The summed E-state index contributed by atoms with van der Waals surface area (Å²) in [5.74, 6) is 0.879. The second kappa shape index (κ2) is 5.81. The van der Waals surface area contributed by atoms with E-state index >= 15 is 0 Å². The highest BCUT2D eigenvalue weighted by atomic mass is 79.9. The maximum absolute atomic E-state index is 5.47. The van der Waals surface area contributed by atoms with Gasteiger partial charge in [0.1, 0.15) is 5.75 Å². The van der Waals surface area contributed by atoms with Crippen LogP contribution in [0.15, 0.2) is 45.6 Å². The highest BCUT2D eigenvalue weighted by Crippen LogP contribution is 2.30. The van der Waals surface area contributed by atoms with E-state index in [-0.39, 0.29) is 0 Å². The van der Waals surface area contributed by atoms with Crippen LogP contribution in [0.5, 0.6) is 5.75 Å². The van der Waals surface area contributed by atoms with E-state index in [1.807, 2.05) is 48.0 Å². The Labute approximate surface area is 140 Å². The first kappa shape index (κ1) is 14.6. The van der Waals surface area contributed by atoms with E-state index in [0.717, 1.165) is 37.2 Å². The molecule has 0 aliphatic carbocycles. The van der Waals surface area contributed by atoms with Gasteiger partial charge in [0.2, 0.25) is 0 Å². The number of imidazole rings is 1. The van der Waals surface area contributed by atoms with Gasteiger partial charge >= 0.3 is 0 Å². The molecule has 0 bridgehead atoms. The van der Waals surface area contributed by atoms with E-state index in [9.17, 15) is 0 Å². The van der Waals surface area contributed by atoms with Crippen LogP contribution in [0.4, 0.5) is 0 Å². The lowest BCUT2D eigenvalue weighted by atomic mass is 10.2. The number of ether oxygens (including phenoxy) is 1. The molecule has 21 heavy (non-hydrogen) atoms. The SMILES string of the molecule is CCOc1ccc(-c2cn3cc(Br)c(C)c(Br)c3n2)cc1. The molecule has 0 fully saturated rings. The van der Waals surface area contributed by atoms with E-state index in [4.69, 9.17) is 9.72 Å². The lowest BCUT2D eigenvalue weighted by Gasteiger charge is -2.03. The van der Waals surface area contributed by atoms with Crippen molar-refractivity contribution >= 4 is 37.5 Å². The first-order valence-corrected chi connectivity index (χ1v) is 8.25. The summed E-state index contributed by atoms with van der Waals surface area (Å²) in [5, 5.41) is 0. The van der Waals surface area contributed by atoms with Crippen LogP contribution in [-0.2, 0) is 0 Å². The van der Waals surface area contributed by atoms with Crippen LogP contribution in [0, 0.1) is 6.92 Å². The topological polar surface area (TPSA) is 26.5 Å². The maximum Gasteiger partial charge on any atom is 0.152 e. The Kier molecular flexibility index (Phi) is 4.04. The third kappa shape index (κ3) is 2.72. The molecule has 0 spiro atoms. The lowest BCUT2D eigenvalue weighted by Crippen LogP contribution is -1.90. The number of halogens is 2. The fourth-order valence-corrected chi connectivity index (χ4v) is 3.37. The third-order valence-corrected chi connectivity index (χ3v) is 5.08. The van der Waals surface area contributed by atoms with Crippen LogP contribution in [0.1, 0.15) is 12.5 Å². The van der Waals surface area contributed by atoms with Crippen molar-refractivity contribution in [2.24, 2.45) is 0 Å². The Morgan fingerprint density at radius 3 is 2.52 bits per heavy atom. The molecule has 0 saturated heterocycles. The fraction of sp³-hybridized carbons (Fsp3) is 0.188. The van der Waals surface area contributed by atoms with Crippen LogP contribution >= 0.6 is 31.9 Å². The minimum atomic E-state index is 0.675. The molecule has 2 heterocycles. The van der Waals surface area contributed by atoms with E-state index < -0.39 is 0 Å². The number of rotatable bonds is 3. The van der Waals surface area contributed by atoms with Gasteiger partial charge in [0.05, 0.1) is 16.8 Å². The average Bonchev–Trinajstić information content (AvgIpc) is 2.90. The van der Waals surface area contributed by atoms with Crippen molar-refractivity contribution < 1.29 is 4.74 Å². The van der Waals surface area contributed by atoms with Gasteiger partial charge in [-0.3, -0.25) is 0 Å². The number of hydrogen-bond donors (Lipinski definition) is 0.